The van der Waals surface area contributed by atoms with Gasteiger partial charge in [-0.05, 0) is 5.56 Å². The zero-order valence-electron chi connectivity index (χ0n) is 8.30. The quantitative estimate of drug-likeness (QED) is 0.749. The summed E-state index contributed by atoms with van der Waals surface area (Å²) in [7, 11) is 3.76. The van der Waals surface area contributed by atoms with E-state index in [2.05, 4.69) is 5.43 Å². The lowest BCUT2D eigenvalue weighted by Crippen LogP contribution is -2.29. The van der Waals surface area contributed by atoms with Gasteiger partial charge in [0, 0.05) is 26.2 Å². The maximum atomic E-state index is 12.2. The summed E-state index contributed by atoms with van der Waals surface area (Å²) in [5.74, 6) is 0. The molecule has 1 aromatic rings. The van der Waals surface area contributed by atoms with Crippen LogP contribution in [0.25, 0.3) is 0 Å². The molecule has 0 unspecified atom stereocenters. The van der Waals surface area contributed by atoms with Crippen molar-refractivity contribution >= 4 is 0 Å². The minimum absolute atomic E-state index is 0.0682. The predicted molar refractivity (Wildman–Crippen MR) is 51.9 cm³/mol. The second kappa shape index (κ2) is 5.02. The molecule has 0 aliphatic heterocycles. The third-order valence-corrected chi connectivity index (χ3v) is 1.83. The zero-order chi connectivity index (χ0) is 10.6. The summed E-state index contributed by atoms with van der Waals surface area (Å²) in [6, 6.07) is 6.32. The predicted octanol–water partition coefficient (Wildman–Crippen LogP) is 2.19. The summed E-state index contributed by atoms with van der Waals surface area (Å²) >= 11 is 0. The molecule has 0 saturated heterocycles. The number of hydrazine groups is 1. The summed E-state index contributed by atoms with van der Waals surface area (Å²) < 4.78 is 24.4. The van der Waals surface area contributed by atoms with Gasteiger partial charge in [-0.1, -0.05) is 24.3 Å². The molecule has 0 aliphatic carbocycles. The van der Waals surface area contributed by atoms with Crippen molar-refractivity contribution in [1.29, 1.82) is 0 Å². The van der Waals surface area contributed by atoms with E-state index in [0.29, 0.717) is 6.54 Å². The minimum Gasteiger partial charge on any atom is -0.251 e. The molecular formula is C10H14F2N2. The van der Waals surface area contributed by atoms with Crippen molar-refractivity contribution in [3.05, 3.63) is 35.4 Å². The van der Waals surface area contributed by atoms with E-state index >= 15 is 0 Å². The van der Waals surface area contributed by atoms with E-state index in [4.69, 9.17) is 0 Å². The van der Waals surface area contributed by atoms with Crippen LogP contribution in [0.1, 0.15) is 17.6 Å². The fourth-order valence-electron chi connectivity index (χ4n) is 1.03. The number of halogens is 2. The van der Waals surface area contributed by atoms with E-state index < -0.39 is 6.43 Å². The van der Waals surface area contributed by atoms with Crippen LogP contribution in [0, 0.1) is 0 Å². The molecule has 0 spiro atoms. The topological polar surface area (TPSA) is 15.3 Å². The number of hydrogen-bond donors (Lipinski definition) is 1. The van der Waals surface area contributed by atoms with Crippen molar-refractivity contribution < 1.29 is 8.78 Å². The van der Waals surface area contributed by atoms with E-state index in [-0.39, 0.29) is 5.56 Å². The maximum absolute atomic E-state index is 12.2. The lowest BCUT2D eigenvalue weighted by Gasteiger charge is -2.11. The number of nitrogens with zero attached hydrogens (tertiary/aromatic N) is 1. The van der Waals surface area contributed by atoms with Gasteiger partial charge in [-0.2, -0.15) is 0 Å². The monoisotopic (exact) mass is 200 g/mol. The summed E-state index contributed by atoms with van der Waals surface area (Å²) in [4.78, 5) is 0. The SMILES string of the molecule is CN(C)NCc1ccc(C(F)F)cc1. The second-order valence-electron chi connectivity index (χ2n) is 3.27. The smallest absolute Gasteiger partial charge is 0.251 e. The van der Waals surface area contributed by atoms with Gasteiger partial charge in [0.05, 0.1) is 0 Å². The summed E-state index contributed by atoms with van der Waals surface area (Å²) in [5, 5.41) is 1.82. The van der Waals surface area contributed by atoms with E-state index in [1.165, 1.54) is 12.1 Å². The molecule has 78 valence electrons. The summed E-state index contributed by atoms with van der Waals surface area (Å²) in [6.07, 6.45) is -2.38. The molecule has 0 aliphatic rings. The Bertz CT molecular complexity index is 270. The normalized spacial score (nSPS) is 11.3. The van der Waals surface area contributed by atoms with Crippen LogP contribution in [-0.2, 0) is 6.54 Å². The first-order valence-corrected chi connectivity index (χ1v) is 4.37. The first-order chi connectivity index (χ1) is 6.59. The lowest BCUT2D eigenvalue weighted by atomic mass is 10.1. The third kappa shape index (κ3) is 3.40. The van der Waals surface area contributed by atoms with Crippen LogP contribution in [0.5, 0.6) is 0 Å². The van der Waals surface area contributed by atoms with Gasteiger partial charge >= 0.3 is 0 Å². The number of nitrogens with one attached hydrogen (secondary N) is 1. The van der Waals surface area contributed by atoms with Gasteiger partial charge in [-0.15, -0.1) is 0 Å². The second-order valence-corrected chi connectivity index (χ2v) is 3.27. The number of hydrogen-bond acceptors (Lipinski definition) is 2. The van der Waals surface area contributed by atoms with Gasteiger partial charge in [0.25, 0.3) is 6.43 Å². The van der Waals surface area contributed by atoms with Gasteiger partial charge in [-0.3, -0.25) is 10.4 Å². The highest BCUT2D eigenvalue weighted by atomic mass is 19.3. The average Bonchev–Trinajstić information content (AvgIpc) is 2.15. The highest BCUT2D eigenvalue weighted by molar-refractivity contribution is 5.23. The van der Waals surface area contributed by atoms with Crippen molar-refractivity contribution in [2.45, 2.75) is 13.0 Å². The number of rotatable bonds is 4. The van der Waals surface area contributed by atoms with E-state index in [1.54, 1.807) is 12.1 Å². The van der Waals surface area contributed by atoms with Crippen LogP contribution >= 0.6 is 0 Å². The molecular weight excluding hydrogens is 186 g/mol. The van der Waals surface area contributed by atoms with E-state index in [9.17, 15) is 8.78 Å². The van der Waals surface area contributed by atoms with Crippen molar-refractivity contribution in [2.24, 2.45) is 0 Å². The Labute approximate surface area is 82.5 Å². The molecule has 0 radical (unpaired) electrons. The van der Waals surface area contributed by atoms with Crippen LogP contribution in [-0.4, -0.2) is 19.1 Å². The van der Waals surface area contributed by atoms with Gasteiger partial charge < -0.3 is 0 Å². The van der Waals surface area contributed by atoms with Crippen molar-refractivity contribution in [3.63, 3.8) is 0 Å². The fraction of sp³-hybridized carbons (Fsp3) is 0.400. The largest absolute Gasteiger partial charge is 0.263 e. The van der Waals surface area contributed by atoms with Crippen LogP contribution < -0.4 is 5.43 Å². The minimum atomic E-state index is -2.38. The first-order valence-electron chi connectivity index (χ1n) is 4.37. The van der Waals surface area contributed by atoms with Crippen LogP contribution in [0.15, 0.2) is 24.3 Å². The fourth-order valence-corrected chi connectivity index (χ4v) is 1.03. The Morgan fingerprint density at radius 3 is 2.21 bits per heavy atom. The Balaban J connectivity index is 2.55. The summed E-state index contributed by atoms with van der Waals surface area (Å²) in [6.45, 7) is 0.649. The highest BCUT2D eigenvalue weighted by Crippen LogP contribution is 2.18. The van der Waals surface area contributed by atoms with Crippen molar-refractivity contribution in [1.82, 2.24) is 10.4 Å². The Hall–Kier alpha value is -1.00. The molecule has 0 aromatic heterocycles. The molecule has 0 fully saturated rings. The summed E-state index contributed by atoms with van der Waals surface area (Å²) in [5.41, 5.74) is 4.11. The average molecular weight is 200 g/mol. The van der Waals surface area contributed by atoms with Crippen molar-refractivity contribution in [3.8, 4) is 0 Å². The van der Waals surface area contributed by atoms with Gasteiger partial charge in [0.15, 0.2) is 0 Å². The zero-order valence-corrected chi connectivity index (χ0v) is 8.30. The molecule has 0 atom stereocenters. The first kappa shape index (κ1) is 11.1. The van der Waals surface area contributed by atoms with Gasteiger partial charge in [0.2, 0.25) is 0 Å². The maximum Gasteiger partial charge on any atom is 0.263 e. The molecule has 1 N–H and O–H groups in total. The molecule has 0 amide bonds. The van der Waals surface area contributed by atoms with Crippen LogP contribution in [0.3, 0.4) is 0 Å². The van der Waals surface area contributed by atoms with Crippen LogP contribution in [0.4, 0.5) is 8.78 Å². The molecule has 14 heavy (non-hydrogen) atoms. The lowest BCUT2D eigenvalue weighted by molar-refractivity contribution is 0.151. The Kier molecular flexibility index (Phi) is 3.98. The molecule has 0 bridgehead atoms. The molecule has 4 heteroatoms. The number of benzene rings is 1. The third-order valence-electron chi connectivity index (χ3n) is 1.83. The van der Waals surface area contributed by atoms with Gasteiger partial charge in [-0.25, -0.2) is 8.78 Å². The highest BCUT2D eigenvalue weighted by Gasteiger charge is 2.05. The molecule has 0 saturated carbocycles. The van der Waals surface area contributed by atoms with Crippen molar-refractivity contribution in [2.75, 3.05) is 14.1 Å². The molecule has 1 aromatic carbocycles. The Morgan fingerprint density at radius 2 is 1.79 bits per heavy atom. The van der Waals surface area contributed by atoms with Gasteiger partial charge in [0.1, 0.15) is 0 Å². The molecule has 0 heterocycles. The number of alkyl halides is 2. The standard InChI is InChI=1S/C10H14F2N2/c1-14(2)13-7-8-3-5-9(6-4-8)10(11)12/h3-6,10,13H,7H2,1-2H3. The molecule has 2 nitrogen and oxygen atoms in total. The Morgan fingerprint density at radius 1 is 1.21 bits per heavy atom. The van der Waals surface area contributed by atoms with E-state index in [0.717, 1.165) is 5.56 Å². The molecule has 1 rings (SSSR count). The van der Waals surface area contributed by atoms with E-state index in [1.807, 2.05) is 19.1 Å². The van der Waals surface area contributed by atoms with Crippen LogP contribution in [0.2, 0.25) is 0 Å².